The number of hydrogen-bond acceptors (Lipinski definition) is 4. The molecule has 2 aliphatic rings. The van der Waals surface area contributed by atoms with Crippen LogP contribution in [0.1, 0.15) is 32.1 Å². The van der Waals surface area contributed by atoms with Gasteiger partial charge in [0.25, 0.3) is 5.91 Å². The number of carbonyl (C=O) groups is 1. The van der Waals surface area contributed by atoms with E-state index in [1.165, 1.54) is 0 Å². The number of alkyl halides is 3. The van der Waals surface area contributed by atoms with Crippen molar-refractivity contribution in [3.05, 3.63) is 0 Å². The first-order valence-corrected chi connectivity index (χ1v) is 7.96. The van der Waals surface area contributed by atoms with Crippen molar-refractivity contribution in [1.29, 1.82) is 0 Å². The molecular formula is C11H17F3N2O3S. The maximum Gasteiger partial charge on any atom is 0.516 e. The molecule has 0 aromatic heterocycles. The van der Waals surface area contributed by atoms with Crippen molar-refractivity contribution in [2.45, 2.75) is 49.7 Å². The van der Waals surface area contributed by atoms with Crippen molar-refractivity contribution >= 4 is 15.9 Å². The zero-order valence-electron chi connectivity index (χ0n) is 11.0. The normalized spacial score (nSPS) is 31.9. The highest BCUT2D eigenvalue weighted by atomic mass is 32.2. The fourth-order valence-electron chi connectivity index (χ4n) is 3.23. The lowest BCUT2D eigenvalue weighted by Crippen LogP contribution is -2.49. The summed E-state index contributed by atoms with van der Waals surface area (Å²) in [4.78, 5) is 13.5. The number of carbonyl (C=O) groups excluding carboxylic acids is 1. The number of hydrogen-bond donors (Lipinski definition) is 1. The summed E-state index contributed by atoms with van der Waals surface area (Å²) in [6.45, 7) is 0. The number of amides is 1. The van der Waals surface area contributed by atoms with Crippen molar-refractivity contribution in [3.8, 4) is 0 Å². The highest BCUT2D eigenvalue weighted by molar-refractivity contribution is 7.90. The van der Waals surface area contributed by atoms with Gasteiger partial charge in [0.1, 0.15) is 0 Å². The summed E-state index contributed by atoms with van der Waals surface area (Å²) < 4.78 is 59.8. The van der Waals surface area contributed by atoms with Gasteiger partial charge in [-0.3, -0.25) is 9.69 Å². The average Bonchev–Trinajstić information content (AvgIpc) is 2.66. The van der Waals surface area contributed by atoms with Gasteiger partial charge >= 0.3 is 15.5 Å². The van der Waals surface area contributed by atoms with E-state index in [9.17, 15) is 26.4 Å². The molecule has 1 saturated carbocycles. The molecule has 0 bridgehead atoms. The monoisotopic (exact) mass is 314 g/mol. The van der Waals surface area contributed by atoms with Gasteiger partial charge in [-0.2, -0.15) is 21.6 Å². The van der Waals surface area contributed by atoms with Crippen molar-refractivity contribution in [2.75, 3.05) is 7.05 Å². The van der Waals surface area contributed by atoms with E-state index < -0.39 is 27.5 Å². The fraction of sp³-hybridized carbons (Fsp3) is 0.909. The number of likely N-dealkylation sites (tertiary alicyclic amines) is 1. The van der Waals surface area contributed by atoms with E-state index in [-0.39, 0.29) is 12.0 Å². The van der Waals surface area contributed by atoms with Crippen LogP contribution in [-0.4, -0.2) is 43.9 Å². The summed E-state index contributed by atoms with van der Waals surface area (Å²) in [5.74, 6) is -0.822. The summed E-state index contributed by atoms with van der Waals surface area (Å²) in [7, 11) is -3.95. The second-order valence-corrected chi connectivity index (χ2v) is 7.12. The Labute approximate surface area is 115 Å². The Hall–Kier alpha value is -0.830. The van der Waals surface area contributed by atoms with E-state index in [0.717, 1.165) is 30.4 Å². The number of rotatable bonds is 2. The highest BCUT2D eigenvalue weighted by Gasteiger charge is 2.50. The highest BCUT2D eigenvalue weighted by Crippen LogP contribution is 2.38. The van der Waals surface area contributed by atoms with E-state index in [1.807, 2.05) is 0 Å². The summed E-state index contributed by atoms with van der Waals surface area (Å²) in [6, 6.07) is -0.645. The largest absolute Gasteiger partial charge is 0.516 e. The zero-order valence-corrected chi connectivity index (χ0v) is 11.8. The third kappa shape index (κ3) is 2.78. The molecule has 2 unspecified atom stereocenters. The molecule has 3 atom stereocenters. The lowest BCUT2D eigenvalue weighted by molar-refractivity contribution is -0.124. The van der Waals surface area contributed by atoms with Gasteiger partial charge in [-0.1, -0.05) is 12.8 Å². The Bertz CT molecular complexity index is 492. The second-order valence-electron chi connectivity index (χ2n) is 5.44. The standard InChI is InChI=1S/C11H17F3N2O3S/c1-16-8-5-3-2-4-7(8)6-9(16)10(17)15-20(18,19)11(12,13)14/h7-9H,2-6H2,1H3,(H,15,17)/t7?,8-,9?/m0/s1. The average molecular weight is 314 g/mol. The number of nitrogens with zero attached hydrogens (tertiary/aromatic N) is 1. The Morgan fingerprint density at radius 2 is 1.85 bits per heavy atom. The van der Waals surface area contributed by atoms with Crippen LogP contribution in [-0.2, 0) is 14.8 Å². The SMILES string of the molecule is CN1C(C(=O)NS(=O)(=O)C(F)(F)F)CC2CCCC[C@@H]21. The fourth-order valence-corrected chi connectivity index (χ4v) is 3.75. The summed E-state index contributed by atoms with van der Waals surface area (Å²) in [6.07, 6.45) is 4.33. The lowest BCUT2D eigenvalue weighted by atomic mass is 9.85. The van der Waals surface area contributed by atoms with Gasteiger partial charge in [-0.15, -0.1) is 0 Å². The van der Waals surface area contributed by atoms with Gasteiger partial charge in [-0.25, -0.2) is 4.72 Å². The first kappa shape index (κ1) is 15.6. The van der Waals surface area contributed by atoms with Gasteiger partial charge in [-0.05, 0) is 32.2 Å². The topological polar surface area (TPSA) is 66.5 Å². The van der Waals surface area contributed by atoms with Crippen LogP contribution < -0.4 is 4.72 Å². The Kier molecular flexibility index (Phi) is 4.03. The van der Waals surface area contributed by atoms with Crippen LogP contribution in [0.2, 0.25) is 0 Å². The molecule has 2 fully saturated rings. The quantitative estimate of drug-likeness (QED) is 0.832. The second kappa shape index (κ2) is 5.18. The molecular weight excluding hydrogens is 297 g/mol. The molecule has 1 N–H and O–H groups in total. The molecule has 1 aliphatic heterocycles. The smallest absolute Gasteiger partial charge is 0.292 e. The van der Waals surface area contributed by atoms with Crippen LogP contribution >= 0.6 is 0 Å². The van der Waals surface area contributed by atoms with Gasteiger partial charge in [0.2, 0.25) is 0 Å². The zero-order chi connectivity index (χ0) is 15.1. The van der Waals surface area contributed by atoms with Gasteiger partial charge in [0.15, 0.2) is 0 Å². The van der Waals surface area contributed by atoms with Crippen molar-refractivity contribution in [3.63, 3.8) is 0 Å². The summed E-state index contributed by atoms with van der Waals surface area (Å²) >= 11 is 0. The molecule has 20 heavy (non-hydrogen) atoms. The predicted octanol–water partition coefficient (Wildman–Crippen LogP) is 1.22. The van der Waals surface area contributed by atoms with Crippen molar-refractivity contribution in [2.24, 2.45) is 5.92 Å². The third-order valence-electron chi connectivity index (χ3n) is 4.25. The molecule has 0 aromatic carbocycles. The number of likely N-dealkylation sites (N-methyl/N-ethyl adjacent to an activating group) is 1. The molecule has 116 valence electrons. The van der Waals surface area contributed by atoms with Crippen LogP contribution in [0.4, 0.5) is 13.2 Å². The number of halogens is 3. The van der Waals surface area contributed by atoms with Crippen LogP contribution in [0.25, 0.3) is 0 Å². The molecule has 9 heteroatoms. The van der Waals surface area contributed by atoms with E-state index >= 15 is 0 Å². The van der Waals surface area contributed by atoms with Gasteiger partial charge < -0.3 is 0 Å². The molecule has 2 rings (SSSR count). The Balaban J connectivity index is 2.07. The van der Waals surface area contributed by atoms with Gasteiger partial charge in [0.05, 0.1) is 6.04 Å². The Morgan fingerprint density at radius 1 is 1.25 bits per heavy atom. The Morgan fingerprint density at radius 3 is 2.40 bits per heavy atom. The maximum atomic E-state index is 12.3. The maximum absolute atomic E-state index is 12.3. The van der Waals surface area contributed by atoms with Crippen molar-refractivity contribution in [1.82, 2.24) is 9.62 Å². The predicted molar refractivity (Wildman–Crippen MR) is 65.0 cm³/mol. The first-order valence-electron chi connectivity index (χ1n) is 6.48. The summed E-state index contributed by atoms with van der Waals surface area (Å²) in [5.41, 5.74) is -5.47. The number of nitrogens with one attached hydrogen (secondary N) is 1. The molecule has 0 radical (unpaired) electrons. The van der Waals surface area contributed by atoms with Crippen molar-refractivity contribution < 1.29 is 26.4 Å². The summed E-state index contributed by atoms with van der Waals surface area (Å²) in [5, 5.41) is 0. The van der Waals surface area contributed by atoms with E-state index in [1.54, 1.807) is 11.9 Å². The molecule has 5 nitrogen and oxygen atoms in total. The van der Waals surface area contributed by atoms with E-state index in [2.05, 4.69) is 0 Å². The lowest BCUT2D eigenvalue weighted by Gasteiger charge is -2.30. The minimum Gasteiger partial charge on any atom is -0.292 e. The molecule has 1 amide bonds. The molecule has 1 aliphatic carbocycles. The van der Waals surface area contributed by atoms with Gasteiger partial charge in [0, 0.05) is 6.04 Å². The number of fused-ring (bicyclic) bond motifs is 1. The molecule has 0 spiro atoms. The minimum absolute atomic E-state index is 0.160. The van der Waals surface area contributed by atoms with E-state index in [4.69, 9.17) is 0 Å². The minimum atomic E-state index is -5.62. The van der Waals surface area contributed by atoms with Crippen LogP contribution in [0, 0.1) is 5.92 Å². The van der Waals surface area contributed by atoms with Crippen LogP contribution in [0.15, 0.2) is 0 Å². The first-order chi connectivity index (χ1) is 9.13. The van der Waals surface area contributed by atoms with E-state index in [0.29, 0.717) is 6.42 Å². The van der Waals surface area contributed by atoms with Crippen LogP contribution in [0.3, 0.4) is 0 Å². The number of sulfonamides is 1. The third-order valence-corrected chi connectivity index (χ3v) is 5.33. The molecule has 1 heterocycles. The molecule has 1 saturated heterocycles. The molecule has 0 aromatic rings. The van der Waals surface area contributed by atoms with Crippen LogP contribution in [0.5, 0.6) is 0 Å².